The molecule has 0 aromatic heterocycles. The standard InChI is InChI=1S/3C18H15P.C2H3N.Ru/c3*1-4-10-16(11-5-1)19(17-12-6-2-7-13-17)18-14-8-3-9-15-18;1-2-3;/h3*1-15H;1H3;. The first-order chi connectivity index (χ1) is 29.8. The number of hydrogen-bond acceptors (Lipinski definition) is 1. The summed E-state index contributed by atoms with van der Waals surface area (Å²) in [5.74, 6) is 0. The maximum atomic E-state index is 7.32. The van der Waals surface area contributed by atoms with Crippen LogP contribution in [0.1, 0.15) is 6.92 Å². The molecule has 0 heterocycles. The van der Waals surface area contributed by atoms with Crippen LogP contribution in [0.4, 0.5) is 0 Å². The Morgan fingerprint density at radius 1 is 0.230 bits per heavy atom. The summed E-state index contributed by atoms with van der Waals surface area (Å²) < 4.78 is 0. The average Bonchev–Trinajstić information content (AvgIpc) is 3.33. The molecule has 300 valence electrons. The Hall–Kier alpha value is -5.62. The van der Waals surface area contributed by atoms with Gasteiger partial charge in [-0.05, 0) is 71.5 Å². The molecule has 1 nitrogen and oxygen atoms in total. The number of rotatable bonds is 9. The molecule has 0 aliphatic heterocycles. The number of nitrogens with zero attached hydrogens (tertiary/aromatic N) is 1. The molecule has 9 aromatic carbocycles. The van der Waals surface area contributed by atoms with Crippen molar-refractivity contribution in [2.45, 2.75) is 6.92 Å². The van der Waals surface area contributed by atoms with Gasteiger partial charge in [-0.1, -0.05) is 273 Å². The predicted octanol–water partition coefficient (Wildman–Crippen LogP) is 10.9. The largest absolute Gasteiger partial charge is 0.199 e. The molecule has 0 fully saturated rings. The van der Waals surface area contributed by atoms with Gasteiger partial charge in [0, 0.05) is 26.4 Å². The van der Waals surface area contributed by atoms with Crippen molar-refractivity contribution in [3.8, 4) is 6.07 Å². The van der Waals surface area contributed by atoms with E-state index in [2.05, 4.69) is 273 Å². The molecule has 5 heteroatoms. The smallest absolute Gasteiger partial charge is 0.0587 e. The van der Waals surface area contributed by atoms with Crippen LogP contribution in [0.2, 0.25) is 0 Å². The summed E-state index contributed by atoms with van der Waals surface area (Å²) in [6, 6.07) is 98.7. The quantitative estimate of drug-likeness (QED) is 0.105. The van der Waals surface area contributed by atoms with E-state index >= 15 is 0 Å². The van der Waals surface area contributed by atoms with Crippen molar-refractivity contribution in [3.63, 3.8) is 0 Å². The van der Waals surface area contributed by atoms with Crippen LogP contribution in [-0.2, 0) is 19.5 Å². The van der Waals surface area contributed by atoms with E-state index in [1.807, 2.05) is 0 Å². The third kappa shape index (κ3) is 14.2. The van der Waals surface area contributed by atoms with Gasteiger partial charge in [-0.15, -0.1) is 0 Å². The second-order valence-electron chi connectivity index (χ2n) is 13.2. The Kier molecular flexibility index (Phi) is 20.2. The molecule has 61 heavy (non-hydrogen) atoms. The minimum absolute atomic E-state index is 0. The topological polar surface area (TPSA) is 23.8 Å². The maximum absolute atomic E-state index is 7.32. The predicted molar refractivity (Wildman–Crippen MR) is 267 cm³/mol. The Morgan fingerprint density at radius 2 is 0.311 bits per heavy atom. The Morgan fingerprint density at radius 3 is 0.393 bits per heavy atom. The molecular weight excluding hydrogens is 881 g/mol. The fourth-order valence-corrected chi connectivity index (χ4v) is 13.5. The van der Waals surface area contributed by atoms with Gasteiger partial charge < -0.3 is 0 Å². The first kappa shape index (κ1) is 46.4. The van der Waals surface area contributed by atoms with E-state index < -0.39 is 23.8 Å². The van der Waals surface area contributed by atoms with Crippen LogP contribution in [0.5, 0.6) is 0 Å². The van der Waals surface area contributed by atoms with Gasteiger partial charge >= 0.3 is 0 Å². The molecule has 0 N–H and O–H groups in total. The summed E-state index contributed by atoms with van der Waals surface area (Å²) in [5.41, 5.74) is 0. The fraction of sp³-hybridized carbons (Fsp3) is 0.0179. The van der Waals surface area contributed by atoms with Gasteiger partial charge in [0.05, 0.1) is 6.07 Å². The van der Waals surface area contributed by atoms with Gasteiger partial charge in [-0.2, -0.15) is 5.26 Å². The minimum Gasteiger partial charge on any atom is -0.199 e. The van der Waals surface area contributed by atoms with Crippen molar-refractivity contribution < 1.29 is 19.5 Å². The number of benzene rings is 9. The third-order valence-corrected chi connectivity index (χ3v) is 16.5. The van der Waals surface area contributed by atoms with Crippen LogP contribution in [0.25, 0.3) is 0 Å². The van der Waals surface area contributed by atoms with E-state index in [-0.39, 0.29) is 19.5 Å². The van der Waals surface area contributed by atoms with E-state index in [0.29, 0.717) is 0 Å². The molecule has 0 saturated carbocycles. The zero-order chi connectivity index (χ0) is 41.5. The van der Waals surface area contributed by atoms with E-state index in [4.69, 9.17) is 5.26 Å². The van der Waals surface area contributed by atoms with Crippen LogP contribution < -0.4 is 47.7 Å². The fourth-order valence-electron chi connectivity index (χ4n) is 6.54. The van der Waals surface area contributed by atoms with Crippen molar-refractivity contribution in [3.05, 3.63) is 273 Å². The molecule has 0 atom stereocenters. The zero-order valence-electron chi connectivity index (χ0n) is 34.1. The van der Waals surface area contributed by atoms with Gasteiger partial charge in [0.2, 0.25) is 0 Å². The molecule has 0 bridgehead atoms. The van der Waals surface area contributed by atoms with E-state index in [9.17, 15) is 0 Å². The van der Waals surface area contributed by atoms with Gasteiger partial charge in [0.1, 0.15) is 0 Å². The Bertz CT molecular complexity index is 1970. The SMILES string of the molecule is CC#N.[Ru].c1ccc(P(c2ccccc2)c2ccccc2)cc1.c1ccc(P(c2ccccc2)c2ccccc2)cc1.c1ccc(P(c2ccccc2)c2ccccc2)cc1. The van der Waals surface area contributed by atoms with E-state index in [0.717, 1.165) is 0 Å². The zero-order valence-corrected chi connectivity index (χ0v) is 38.5. The van der Waals surface area contributed by atoms with Crippen molar-refractivity contribution in [1.82, 2.24) is 0 Å². The molecule has 9 rings (SSSR count). The van der Waals surface area contributed by atoms with Crippen molar-refractivity contribution >= 4 is 71.5 Å². The third-order valence-electron chi connectivity index (χ3n) is 9.13. The van der Waals surface area contributed by atoms with Crippen LogP contribution in [0.15, 0.2) is 273 Å². The molecule has 0 aliphatic rings. The molecule has 9 aromatic rings. The van der Waals surface area contributed by atoms with Crippen LogP contribution in [0.3, 0.4) is 0 Å². The van der Waals surface area contributed by atoms with Crippen molar-refractivity contribution in [2.24, 2.45) is 0 Å². The van der Waals surface area contributed by atoms with Gasteiger partial charge in [-0.25, -0.2) is 0 Å². The summed E-state index contributed by atoms with van der Waals surface area (Å²) >= 11 is 0. The molecule has 0 unspecified atom stereocenters. The number of nitriles is 1. The molecule has 0 aliphatic carbocycles. The maximum Gasteiger partial charge on any atom is 0.0587 e. The minimum atomic E-state index is -0.446. The van der Waals surface area contributed by atoms with E-state index in [1.54, 1.807) is 6.07 Å². The summed E-state index contributed by atoms with van der Waals surface area (Å²) in [5, 5.41) is 19.9. The molecule has 0 spiro atoms. The molecule has 0 amide bonds. The molecular formula is C56H48NP3Ru. The first-order valence-corrected chi connectivity index (χ1v) is 24.0. The summed E-state index contributed by atoms with van der Waals surface area (Å²) in [6.45, 7) is 1.43. The van der Waals surface area contributed by atoms with Gasteiger partial charge in [-0.3, -0.25) is 0 Å². The first-order valence-electron chi connectivity index (χ1n) is 19.9. The molecule has 0 saturated heterocycles. The monoisotopic (exact) mass is 929 g/mol. The normalized spacial score (nSPS) is 10.0. The van der Waals surface area contributed by atoms with Crippen LogP contribution >= 0.6 is 23.8 Å². The summed E-state index contributed by atoms with van der Waals surface area (Å²) in [7, 11) is -1.34. The van der Waals surface area contributed by atoms with Gasteiger partial charge in [0.15, 0.2) is 0 Å². The summed E-state index contributed by atoms with van der Waals surface area (Å²) in [6.07, 6.45) is 0. The van der Waals surface area contributed by atoms with Crippen molar-refractivity contribution in [2.75, 3.05) is 0 Å². The second-order valence-corrected chi connectivity index (χ2v) is 19.9. The van der Waals surface area contributed by atoms with Crippen LogP contribution in [-0.4, -0.2) is 0 Å². The van der Waals surface area contributed by atoms with Crippen molar-refractivity contribution in [1.29, 1.82) is 5.26 Å². The number of hydrogen-bond donors (Lipinski definition) is 0. The Balaban J connectivity index is 0.000000166. The average molecular weight is 929 g/mol. The Labute approximate surface area is 379 Å². The second kappa shape index (κ2) is 26.6. The van der Waals surface area contributed by atoms with Gasteiger partial charge in [0.25, 0.3) is 0 Å². The van der Waals surface area contributed by atoms with E-state index in [1.165, 1.54) is 54.7 Å². The molecule has 0 radical (unpaired) electrons. The van der Waals surface area contributed by atoms with Crippen LogP contribution in [0, 0.1) is 11.3 Å². The summed E-state index contributed by atoms with van der Waals surface area (Å²) in [4.78, 5) is 0.